The minimum absolute atomic E-state index is 0.139. The minimum Gasteiger partial charge on any atom is -0.496 e. The Morgan fingerprint density at radius 1 is 0.971 bits per heavy atom. The van der Waals surface area contributed by atoms with E-state index in [0.717, 1.165) is 28.0 Å². The Morgan fingerprint density at radius 2 is 1.68 bits per heavy atom. The fourth-order valence-electron chi connectivity index (χ4n) is 4.01. The number of ether oxygens (including phenoxy) is 1. The van der Waals surface area contributed by atoms with Gasteiger partial charge in [0.1, 0.15) is 12.3 Å². The van der Waals surface area contributed by atoms with E-state index in [4.69, 9.17) is 4.74 Å². The molecule has 0 saturated carbocycles. The Bertz CT molecular complexity index is 1260. The molecule has 0 aliphatic carbocycles. The summed E-state index contributed by atoms with van der Waals surface area (Å²) in [5.41, 5.74) is 4.20. The summed E-state index contributed by atoms with van der Waals surface area (Å²) in [6.07, 6.45) is 0.659. The molecule has 3 rings (SSSR count). The van der Waals surface area contributed by atoms with Gasteiger partial charge in [-0.1, -0.05) is 55.0 Å². The highest BCUT2D eigenvalue weighted by atomic mass is 32.2. The van der Waals surface area contributed by atoms with Crippen LogP contribution in [0.1, 0.15) is 41.6 Å². The normalized spacial score (nSPS) is 12.1. The zero-order valence-electron chi connectivity index (χ0n) is 20.3. The van der Waals surface area contributed by atoms with E-state index in [1.54, 1.807) is 43.5 Å². The molecule has 0 aromatic heterocycles. The number of benzene rings is 3. The van der Waals surface area contributed by atoms with Crippen molar-refractivity contribution in [3.8, 4) is 5.75 Å². The van der Waals surface area contributed by atoms with Crippen molar-refractivity contribution in [3.63, 3.8) is 0 Å². The van der Waals surface area contributed by atoms with Gasteiger partial charge in [0, 0.05) is 0 Å². The maximum atomic E-state index is 13.6. The van der Waals surface area contributed by atoms with Crippen LogP contribution >= 0.6 is 0 Å². The van der Waals surface area contributed by atoms with Crippen molar-refractivity contribution in [2.24, 2.45) is 0 Å². The molecular formula is C27H32N2O4S. The Kier molecular flexibility index (Phi) is 7.99. The topological polar surface area (TPSA) is 75.7 Å². The zero-order chi connectivity index (χ0) is 24.9. The molecule has 0 bridgehead atoms. The van der Waals surface area contributed by atoms with Gasteiger partial charge in [-0.3, -0.25) is 9.10 Å². The second-order valence-corrected chi connectivity index (χ2v) is 10.2. The SMILES string of the molecule is CC[C@@H](NC(=O)CN(c1ccc(C)cc1C)S(=O)(=O)c1ccccc1)c1ccc(OC)c(C)c1. The number of hydrogen-bond donors (Lipinski definition) is 1. The quantitative estimate of drug-likeness (QED) is 0.463. The van der Waals surface area contributed by atoms with Crippen molar-refractivity contribution >= 4 is 21.6 Å². The number of carbonyl (C=O) groups is 1. The van der Waals surface area contributed by atoms with Gasteiger partial charge in [0.15, 0.2) is 0 Å². The number of methoxy groups -OCH3 is 1. The van der Waals surface area contributed by atoms with E-state index in [2.05, 4.69) is 5.32 Å². The molecule has 0 fully saturated rings. The number of rotatable bonds is 9. The summed E-state index contributed by atoms with van der Waals surface area (Å²) in [6.45, 7) is 7.40. The summed E-state index contributed by atoms with van der Waals surface area (Å²) < 4.78 is 33.7. The van der Waals surface area contributed by atoms with Gasteiger partial charge in [0.25, 0.3) is 10.0 Å². The van der Waals surface area contributed by atoms with Gasteiger partial charge in [0.2, 0.25) is 5.91 Å². The number of anilines is 1. The second kappa shape index (κ2) is 10.7. The van der Waals surface area contributed by atoms with Gasteiger partial charge in [0.05, 0.1) is 23.7 Å². The van der Waals surface area contributed by atoms with Crippen LogP contribution in [-0.4, -0.2) is 28.0 Å². The molecule has 0 radical (unpaired) electrons. The number of amides is 1. The molecule has 0 aliphatic heterocycles. The van der Waals surface area contributed by atoms with Gasteiger partial charge >= 0.3 is 0 Å². The van der Waals surface area contributed by atoms with Crippen LogP contribution in [0.25, 0.3) is 0 Å². The van der Waals surface area contributed by atoms with Crippen molar-refractivity contribution < 1.29 is 17.9 Å². The first-order valence-corrected chi connectivity index (χ1v) is 12.7. The van der Waals surface area contributed by atoms with Gasteiger partial charge < -0.3 is 10.1 Å². The van der Waals surface area contributed by atoms with Gasteiger partial charge in [-0.2, -0.15) is 0 Å². The van der Waals surface area contributed by atoms with Crippen LogP contribution < -0.4 is 14.4 Å². The maximum absolute atomic E-state index is 13.6. The number of nitrogens with zero attached hydrogens (tertiary/aromatic N) is 1. The van der Waals surface area contributed by atoms with Crippen LogP contribution in [-0.2, 0) is 14.8 Å². The van der Waals surface area contributed by atoms with Crippen molar-refractivity contribution in [3.05, 3.63) is 89.0 Å². The van der Waals surface area contributed by atoms with Crippen molar-refractivity contribution in [1.82, 2.24) is 5.32 Å². The molecule has 7 heteroatoms. The summed E-state index contributed by atoms with van der Waals surface area (Å²) in [5, 5.41) is 3.02. The monoisotopic (exact) mass is 480 g/mol. The van der Waals surface area contributed by atoms with Gasteiger partial charge in [-0.15, -0.1) is 0 Å². The van der Waals surface area contributed by atoms with E-state index in [-0.39, 0.29) is 23.4 Å². The Morgan fingerprint density at radius 3 is 2.26 bits per heavy atom. The van der Waals surface area contributed by atoms with Crippen LogP contribution in [0.3, 0.4) is 0 Å². The largest absolute Gasteiger partial charge is 0.496 e. The average Bonchev–Trinajstić information content (AvgIpc) is 2.82. The number of nitrogens with one attached hydrogen (secondary N) is 1. The molecule has 0 aliphatic rings. The van der Waals surface area contributed by atoms with Crippen molar-refractivity contribution in [1.29, 1.82) is 0 Å². The molecule has 180 valence electrons. The molecule has 0 saturated heterocycles. The van der Waals surface area contributed by atoms with E-state index in [1.807, 2.05) is 58.0 Å². The van der Waals surface area contributed by atoms with E-state index in [0.29, 0.717) is 12.1 Å². The summed E-state index contributed by atoms with van der Waals surface area (Å²) in [4.78, 5) is 13.3. The average molecular weight is 481 g/mol. The number of aryl methyl sites for hydroxylation is 3. The smallest absolute Gasteiger partial charge is 0.264 e. The summed E-state index contributed by atoms with van der Waals surface area (Å²) in [5.74, 6) is 0.403. The van der Waals surface area contributed by atoms with Crippen LogP contribution in [0, 0.1) is 20.8 Å². The molecule has 3 aromatic rings. The first-order valence-electron chi connectivity index (χ1n) is 11.3. The predicted octanol–water partition coefficient (Wildman–Crippen LogP) is 5.08. The second-order valence-electron chi connectivity index (χ2n) is 8.37. The van der Waals surface area contributed by atoms with Crippen molar-refractivity contribution in [2.45, 2.75) is 45.1 Å². The third kappa shape index (κ3) is 5.59. The molecule has 3 aromatic carbocycles. The minimum atomic E-state index is -3.95. The lowest BCUT2D eigenvalue weighted by Crippen LogP contribution is -2.42. The highest BCUT2D eigenvalue weighted by Crippen LogP contribution is 2.28. The number of hydrogen-bond acceptors (Lipinski definition) is 4. The van der Waals surface area contributed by atoms with Crippen LogP contribution in [0.2, 0.25) is 0 Å². The van der Waals surface area contributed by atoms with Crippen LogP contribution in [0.5, 0.6) is 5.75 Å². The standard InChI is InChI=1S/C27H32N2O4S/c1-6-24(22-13-15-26(33-5)21(4)17-22)28-27(30)18-29(25-14-12-19(2)16-20(25)3)34(31,32)23-10-8-7-9-11-23/h7-17,24H,6,18H2,1-5H3,(H,28,30)/t24-/m1/s1. The van der Waals surface area contributed by atoms with Crippen LogP contribution in [0.15, 0.2) is 71.6 Å². The summed E-state index contributed by atoms with van der Waals surface area (Å²) in [6, 6.07) is 19.2. The lowest BCUT2D eigenvalue weighted by molar-refractivity contribution is -0.120. The lowest BCUT2D eigenvalue weighted by Gasteiger charge is -2.27. The molecule has 0 heterocycles. The zero-order valence-corrected chi connectivity index (χ0v) is 21.1. The molecule has 0 unspecified atom stereocenters. The molecular weight excluding hydrogens is 448 g/mol. The fraction of sp³-hybridized carbons (Fsp3) is 0.296. The predicted molar refractivity (Wildman–Crippen MR) is 136 cm³/mol. The maximum Gasteiger partial charge on any atom is 0.264 e. The van der Waals surface area contributed by atoms with Crippen molar-refractivity contribution in [2.75, 3.05) is 18.0 Å². The molecule has 1 amide bonds. The molecule has 1 N–H and O–H groups in total. The molecule has 34 heavy (non-hydrogen) atoms. The first-order chi connectivity index (χ1) is 16.2. The van der Waals surface area contributed by atoms with Gasteiger partial charge in [-0.25, -0.2) is 8.42 Å². The molecule has 6 nitrogen and oxygen atoms in total. The number of carbonyl (C=O) groups excluding carboxylic acids is 1. The summed E-state index contributed by atoms with van der Waals surface area (Å²) >= 11 is 0. The molecule has 1 atom stereocenters. The van der Waals surface area contributed by atoms with E-state index < -0.39 is 10.0 Å². The van der Waals surface area contributed by atoms with E-state index in [9.17, 15) is 13.2 Å². The van der Waals surface area contributed by atoms with Gasteiger partial charge in [-0.05, 0) is 68.1 Å². The Labute approximate surface area is 202 Å². The highest BCUT2D eigenvalue weighted by molar-refractivity contribution is 7.92. The third-order valence-electron chi connectivity index (χ3n) is 5.80. The van der Waals surface area contributed by atoms with E-state index >= 15 is 0 Å². The molecule has 0 spiro atoms. The summed E-state index contributed by atoms with van der Waals surface area (Å²) in [7, 11) is -2.33. The van der Waals surface area contributed by atoms with Crippen LogP contribution in [0.4, 0.5) is 5.69 Å². The number of sulfonamides is 1. The third-order valence-corrected chi connectivity index (χ3v) is 7.58. The highest BCUT2D eigenvalue weighted by Gasteiger charge is 2.29. The Hall–Kier alpha value is -3.32. The first kappa shape index (κ1) is 25.3. The van der Waals surface area contributed by atoms with E-state index in [1.165, 1.54) is 4.31 Å². The lowest BCUT2D eigenvalue weighted by atomic mass is 10.0. The Balaban J connectivity index is 1.93. The fourth-order valence-corrected chi connectivity index (χ4v) is 5.52.